The summed E-state index contributed by atoms with van der Waals surface area (Å²) in [7, 11) is 1.44. The van der Waals surface area contributed by atoms with Crippen LogP contribution in [0.4, 0.5) is 0 Å². The van der Waals surface area contributed by atoms with E-state index >= 15 is 0 Å². The second-order valence-electron chi connectivity index (χ2n) is 7.77. The molecule has 1 aliphatic heterocycles. The Labute approximate surface area is 184 Å². The van der Waals surface area contributed by atoms with Crippen molar-refractivity contribution in [2.75, 3.05) is 13.7 Å². The summed E-state index contributed by atoms with van der Waals surface area (Å²) in [4.78, 5) is 37.7. The molecule has 0 N–H and O–H groups in total. The smallest absolute Gasteiger partial charge is 0.347 e. The lowest BCUT2D eigenvalue weighted by atomic mass is 9.85. The van der Waals surface area contributed by atoms with Crippen LogP contribution in [-0.2, 0) is 19.1 Å². The normalized spacial score (nSPS) is 27.2. The topological polar surface area (TPSA) is 94.5 Å². The summed E-state index contributed by atoms with van der Waals surface area (Å²) in [6.07, 6.45) is 5.30. The average Bonchev–Trinajstić information content (AvgIpc) is 3.42. The summed E-state index contributed by atoms with van der Waals surface area (Å²) in [5, 5.41) is 5.45. The molecule has 2 fully saturated rings. The number of hydrogen-bond acceptors (Lipinski definition) is 7. The van der Waals surface area contributed by atoms with Gasteiger partial charge in [-0.25, -0.2) is 4.79 Å². The summed E-state index contributed by atoms with van der Waals surface area (Å²) in [5.41, 5.74) is 0.360. The molecule has 2 bridgehead atoms. The number of hydrazone groups is 1. The van der Waals surface area contributed by atoms with Gasteiger partial charge < -0.3 is 14.2 Å². The maximum Gasteiger partial charge on any atom is 0.347 e. The number of carbonyl (C=O) groups excluding carboxylic acids is 3. The van der Waals surface area contributed by atoms with Crippen LogP contribution >= 0.6 is 11.6 Å². The van der Waals surface area contributed by atoms with Gasteiger partial charge in [0.1, 0.15) is 0 Å². The number of esters is 1. The van der Waals surface area contributed by atoms with E-state index in [-0.39, 0.29) is 53.6 Å². The molecule has 0 aromatic heterocycles. The van der Waals surface area contributed by atoms with Crippen molar-refractivity contribution in [2.24, 2.45) is 28.8 Å². The fourth-order valence-corrected chi connectivity index (χ4v) is 4.78. The number of nitrogens with zero attached hydrogens (tertiary/aromatic N) is 2. The first-order chi connectivity index (χ1) is 14.8. The molecule has 3 aliphatic rings. The average molecular weight is 447 g/mol. The minimum atomic E-state index is -0.918. The van der Waals surface area contributed by atoms with Gasteiger partial charge in [-0.15, -0.1) is 0 Å². The molecule has 4 rings (SSSR count). The van der Waals surface area contributed by atoms with Gasteiger partial charge in [-0.2, -0.15) is 10.1 Å². The zero-order valence-corrected chi connectivity index (χ0v) is 18.2. The van der Waals surface area contributed by atoms with Crippen molar-refractivity contribution in [3.8, 4) is 11.5 Å². The van der Waals surface area contributed by atoms with E-state index in [0.717, 1.165) is 11.4 Å². The fraction of sp³-hybridized carbons (Fsp3) is 0.455. The third-order valence-electron chi connectivity index (χ3n) is 5.94. The number of ether oxygens (including phenoxy) is 3. The van der Waals surface area contributed by atoms with Crippen LogP contribution in [-0.4, -0.2) is 48.8 Å². The number of imide groups is 1. The van der Waals surface area contributed by atoms with E-state index in [2.05, 4.69) is 5.10 Å². The Balaban J connectivity index is 1.61. The molecule has 1 heterocycles. The van der Waals surface area contributed by atoms with Crippen LogP contribution in [0.15, 0.2) is 29.4 Å². The van der Waals surface area contributed by atoms with Crippen LogP contribution in [0.25, 0.3) is 0 Å². The van der Waals surface area contributed by atoms with Crippen molar-refractivity contribution in [1.82, 2.24) is 5.01 Å². The zero-order chi connectivity index (χ0) is 22.3. The first-order valence-electron chi connectivity index (χ1n) is 10.2. The third kappa shape index (κ3) is 3.69. The van der Waals surface area contributed by atoms with Crippen molar-refractivity contribution in [3.05, 3.63) is 34.9 Å². The molecule has 164 valence electrons. The van der Waals surface area contributed by atoms with E-state index in [4.69, 9.17) is 25.8 Å². The Morgan fingerprint density at radius 1 is 1.26 bits per heavy atom. The van der Waals surface area contributed by atoms with Gasteiger partial charge in [0.25, 0.3) is 11.8 Å². The molecule has 1 aromatic carbocycles. The van der Waals surface area contributed by atoms with E-state index in [9.17, 15) is 14.4 Å². The van der Waals surface area contributed by atoms with Crippen molar-refractivity contribution in [2.45, 2.75) is 26.4 Å². The minimum absolute atomic E-state index is 0.0993. The summed E-state index contributed by atoms with van der Waals surface area (Å²) >= 11 is 6.18. The Hall–Kier alpha value is -2.87. The van der Waals surface area contributed by atoms with Crippen LogP contribution in [0, 0.1) is 23.7 Å². The largest absolute Gasteiger partial charge is 0.493 e. The third-order valence-corrected chi connectivity index (χ3v) is 6.16. The molecule has 5 atom stereocenters. The maximum atomic E-state index is 12.8. The van der Waals surface area contributed by atoms with Gasteiger partial charge in [-0.05, 0) is 38.2 Å². The van der Waals surface area contributed by atoms with Gasteiger partial charge in [-0.1, -0.05) is 23.8 Å². The molecule has 1 saturated heterocycles. The lowest BCUT2D eigenvalue weighted by Crippen LogP contribution is -2.28. The molecule has 2 aliphatic carbocycles. The molecule has 1 aromatic rings. The first-order valence-corrected chi connectivity index (χ1v) is 10.5. The molecule has 0 radical (unpaired) electrons. The van der Waals surface area contributed by atoms with Crippen LogP contribution in [0.3, 0.4) is 0 Å². The highest BCUT2D eigenvalue weighted by molar-refractivity contribution is 6.31. The summed E-state index contributed by atoms with van der Waals surface area (Å²) in [5.74, 6) is -1.12. The summed E-state index contributed by atoms with van der Waals surface area (Å²) in [6.45, 7) is 3.47. The number of allylic oxidation sites excluding steroid dienone is 2. The Morgan fingerprint density at radius 3 is 2.48 bits per heavy atom. The quantitative estimate of drug-likeness (QED) is 0.276. The molecule has 9 heteroatoms. The van der Waals surface area contributed by atoms with Gasteiger partial charge in [0.05, 0.1) is 31.8 Å². The number of rotatable bonds is 7. The molecule has 2 amide bonds. The van der Waals surface area contributed by atoms with Crippen LogP contribution in [0.5, 0.6) is 11.5 Å². The van der Waals surface area contributed by atoms with Crippen LogP contribution in [0.1, 0.15) is 25.8 Å². The van der Waals surface area contributed by atoms with Crippen LogP contribution in [0.2, 0.25) is 5.02 Å². The molecule has 5 unspecified atom stereocenters. The Kier molecular flexibility index (Phi) is 5.75. The second kappa shape index (κ2) is 8.34. The number of hydrogen-bond donors (Lipinski definition) is 0. The number of halogens is 1. The van der Waals surface area contributed by atoms with E-state index < -0.39 is 12.1 Å². The molecule has 31 heavy (non-hydrogen) atoms. The minimum Gasteiger partial charge on any atom is -0.493 e. The number of methoxy groups -OCH3 is 1. The maximum absolute atomic E-state index is 12.8. The number of fused-ring (bicyclic) bond motifs is 5. The summed E-state index contributed by atoms with van der Waals surface area (Å²) in [6, 6.07) is 3.09. The Morgan fingerprint density at radius 2 is 1.90 bits per heavy atom. The van der Waals surface area contributed by atoms with Gasteiger partial charge >= 0.3 is 5.97 Å². The highest BCUT2D eigenvalue weighted by Crippen LogP contribution is 2.52. The SMILES string of the molecule is CCOC(=O)C(C)Oc1c(C=NN2C(=O)C3C4C=CC(C4)C3C2=O)cc(Cl)cc1OC. The standard InChI is InChI=1S/C22H23ClN2O6/c1-4-30-22(28)11(2)31-19-14(8-15(23)9-16(19)29-3)10-24-25-20(26)17-12-5-6-13(7-12)18(17)21(25)27/h5-6,8-13,17-18H,4,7H2,1-3H3. The lowest BCUT2D eigenvalue weighted by molar-refractivity contribution is -0.150. The molecular weight excluding hydrogens is 424 g/mol. The van der Waals surface area contributed by atoms with Crippen molar-refractivity contribution in [1.29, 1.82) is 0 Å². The molecular formula is C22H23ClN2O6. The lowest BCUT2D eigenvalue weighted by Gasteiger charge is -2.18. The summed E-state index contributed by atoms with van der Waals surface area (Å²) < 4.78 is 16.1. The monoisotopic (exact) mass is 446 g/mol. The van der Waals surface area contributed by atoms with Crippen molar-refractivity contribution in [3.63, 3.8) is 0 Å². The van der Waals surface area contributed by atoms with E-state index in [0.29, 0.717) is 10.6 Å². The first kappa shape index (κ1) is 21.4. The molecule has 8 nitrogen and oxygen atoms in total. The van der Waals surface area contributed by atoms with Crippen molar-refractivity contribution >= 4 is 35.6 Å². The van der Waals surface area contributed by atoms with Gasteiger partial charge in [0.15, 0.2) is 17.6 Å². The second-order valence-corrected chi connectivity index (χ2v) is 8.21. The predicted octanol–water partition coefficient (Wildman–Crippen LogP) is 2.82. The Bertz CT molecular complexity index is 960. The van der Waals surface area contributed by atoms with E-state index in [1.807, 2.05) is 12.2 Å². The highest BCUT2D eigenvalue weighted by Gasteiger charge is 2.59. The van der Waals surface area contributed by atoms with Crippen LogP contribution < -0.4 is 9.47 Å². The zero-order valence-electron chi connectivity index (χ0n) is 17.4. The number of carbonyl (C=O) groups is 3. The predicted molar refractivity (Wildman–Crippen MR) is 112 cm³/mol. The highest BCUT2D eigenvalue weighted by atomic mass is 35.5. The van der Waals surface area contributed by atoms with Gasteiger partial charge in [0, 0.05) is 16.7 Å². The van der Waals surface area contributed by atoms with E-state index in [1.165, 1.54) is 19.4 Å². The molecule has 0 spiro atoms. The van der Waals surface area contributed by atoms with Crippen molar-refractivity contribution < 1.29 is 28.6 Å². The van der Waals surface area contributed by atoms with Gasteiger partial charge in [-0.3, -0.25) is 9.59 Å². The van der Waals surface area contributed by atoms with Gasteiger partial charge in [0.2, 0.25) is 0 Å². The van der Waals surface area contributed by atoms with E-state index in [1.54, 1.807) is 19.9 Å². The fourth-order valence-electron chi connectivity index (χ4n) is 4.57. The molecule has 1 saturated carbocycles. The number of amides is 2. The number of benzene rings is 1.